The van der Waals surface area contributed by atoms with Gasteiger partial charge < -0.3 is 32.1 Å². The van der Waals surface area contributed by atoms with Crippen LogP contribution in [-0.2, 0) is 18.6 Å². The molecule has 8 heteroatoms. The van der Waals surface area contributed by atoms with Crippen LogP contribution in [0.15, 0.2) is 16.7 Å². The van der Waals surface area contributed by atoms with Crippen molar-refractivity contribution in [3.63, 3.8) is 0 Å². The topological polar surface area (TPSA) is 178 Å². The first-order chi connectivity index (χ1) is 4.22. The summed E-state index contributed by atoms with van der Waals surface area (Å²) in [6, 6.07) is 1.28. The molecule has 0 spiro atoms. The van der Waals surface area contributed by atoms with Gasteiger partial charge in [0.15, 0.2) is 5.75 Å². The zero-order valence-electron chi connectivity index (χ0n) is 7.40. The van der Waals surface area contributed by atoms with Crippen LogP contribution >= 0.6 is 0 Å². The third kappa shape index (κ3) is 6.66. The van der Waals surface area contributed by atoms with Crippen molar-refractivity contribution in [1.82, 2.24) is 0 Å². The summed E-state index contributed by atoms with van der Waals surface area (Å²) in [7, 11) is 0. The third-order valence-corrected chi connectivity index (χ3v) is 1.05. The SMILES string of the molecule is Cc1[o+]ccc(O)c1O.O.O.O.O.[V]. The van der Waals surface area contributed by atoms with E-state index in [-0.39, 0.29) is 52.0 Å². The molecule has 0 aliphatic heterocycles. The van der Waals surface area contributed by atoms with Gasteiger partial charge in [0.1, 0.15) is 0 Å². The van der Waals surface area contributed by atoms with Crippen molar-refractivity contribution in [2.45, 2.75) is 6.92 Å². The largest absolute Gasteiger partial charge is 0.504 e. The Labute approximate surface area is 92.1 Å². The Morgan fingerprint density at radius 3 is 1.79 bits per heavy atom. The molecule has 1 aromatic rings. The van der Waals surface area contributed by atoms with Gasteiger partial charge in [-0.05, 0) is 0 Å². The molecule has 7 nitrogen and oxygen atoms in total. The molecule has 0 saturated carbocycles. The van der Waals surface area contributed by atoms with E-state index in [1.54, 1.807) is 6.92 Å². The molecule has 0 unspecified atom stereocenters. The predicted octanol–water partition coefficient (Wildman–Crippen LogP) is -2.02. The minimum Gasteiger partial charge on any atom is -0.504 e. The molecular formula is C6H15O7V+. The molecule has 1 radical (unpaired) electrons. The Bertz CT molecular complexity index is 209. The molecule has 0 fully saturated rings. The van der Waals surface area contributed by atoms with Gasteiger partial charge in [-0.15, -0.1) is 0 Å². The van der Waals surface area contributed by atoms with Crippen molar-refractivity contribution >= 4 is 0 Å². The summed E-state index contributed by atoms with van der Waals surface area (Å²) in [6.07, 6.45) is 1.31. The summed E-state index contributed by atoms with van der Waals surface area (Å²) in [5.41, 5.74) is 0. The van der Waals surface area contributed by atoms with Crippen LogP contribution in [0.25, 0.3) is 0 Å². The molecule has 0 aliphatic rings. The zero-order chi connectivity index (χ0) is 6.85. The first-order valence-electron chi connectivity index (χ1n) is 2.51. The van der Waals surface area contributed by atoms with Crippen LogP contribution < -0.4 is 0 Å². The maximum atomic E-state index is 8.86. The van der Waals surface area contributed by atoms with Gasteiger partial charge in [0, 0.05) is 18.6 Å². The summed E-state index contributed by atoms with van der Waals surface area (Å²) < 4.78 is 4.73. The Morgan fingerprint density at radius 2 is 1.50 bits per heavy atom. The fraction of sp³-hybridized carbons (Fsp3) is 0.167. The Hall–Kier alpha value is -0.826. The summed E-state index contributed by atoms with van der Waals surface area (Å²) in [4.78, 5) is 0. The van der Waals surface area contributed by atoms with Gasteiger partial charge in [-0.3, -0.25) is 0 Å². The van der Waals surface area contributed by atoms with Crippen LogP contribution in [0.5, 0.6) is 11.5 Å². The second-order valence-electron chi connectivity index (χ2n) is 1.71. The first-order valence-corrected chi connectivity index (χ1v) is 2.51. The number of aryl methyl sites for hydroxylation is 1. The van der Waals surface area contributed by atoms with E-state index in [0.29, 0.717) is 5.76 Å². The first kappa shape index (κ1) is 29.2. The second-order valence-corrected chi connectivity index (χ2v) is 1.71. The molecule has 0 saturated heterocycles. The van der Waals surface area contributed by atoms with E-state index in [9.17, 15) is 0 Å². The van der Waals surface area contributed by atoms with Gasteiger partial charge >= 0.3 is 12.0 Å². The van der Waals surface area contributed by atoms with Crippen LogP contribution in [0, 0.1) is 6.92 Å². The monoisotopic (exact) mass is 250 g/mol. The fourth-order valence-corrected chi connectivity index (χ4v) is 0.516. The second kappa shape index (κ2) is 12.2. The summed E-state index contributed by atoms with van der Waals surface area (Å²) in [5, 5.41) is 17.7. The van der Waals surface area contributed by atoms with E-state index < -0.39 is 0 Å². The van der Waals surface area contributed by atoms with Crippen LogP contribution in [0.2, 0.25) is 0 Å². The van der Waals surface area contributed by atoms with E-state index in [4.69, 9.17) is 14.6 Å². The quantitative estimate of drug-likeness (QED) is 0.505. The van der Waals surface area contributed by atoms with Gasteiger partial charge in [0.05, 0.1) is 13.0 Å². The van der Waals surface area contributed by atoms with Gasteiger partial charge in [-0.2, -0.15) is 0 Å². The molecule has 14 heavy (non-hydrogen) atoms. The van der Waals surface area contributed by atoms with Crippen LogP contribution in [-0.4, -0.2) is 32.1 Å². The Kier molecular flexibility index (Phi) is 25.4. The smallest absolute Gasteiger partial charge is 0.371 e. The van der Waals surface area contributed by atoms with E-state index >= 15 is 0 Å². The van der Waals surface area contributed by atoms with E-state index in [1.807, 2.05) is 0 Å². The zero-order valence-corrected chi connectivity index (χ0v) is 8.80. The average Bonchev–Trinajstić information content (AvgIpc) is 1.83. The number of hydrogen-bond acceptors (Lipinski definition) is 2. The van der Waals surface area contributed by atoms with Crippen LogP contribution in [0.3, 0.4) is 0 Å². The fourth-order valence-electron chi connectivity index (χ4n) is 0.516. The van der Waals surface area contributed by atoms with Gasteiger partial charge in [-0.1, -0.05) is 0 Å². The number of aromatic hydroxyl groups is 2. The van der Waals surface area contributed by atoms with Crippen molar-refractivity contribution < 1.29 is 55.1 Å². The molecule has 85 valence electrons. The summed E-state index contributed by atoms with van der Waals surface area (Å²) in [5.74, 6) is -0.0359. The molecule has 0 atom stereocenters. The molecule has 1 heterocycles. The van der Waals surface area contributed by atoms with Crippen molar-refractivity contribution in [1.29, 1.82) is 0 Å². The minimum atomic E-state index is -0.197. The van der Waals surface area contributed by atoms with Crippen molar-refractivity contribution in [2.24, 2.45) is 0 Å². The molecular weight excluding hydrogens is 235 g/mol. The van der Waals surface area contributed by atoms with Crippen molar-refractivity contribution in [3.05, 3.63) is 18.1 Å². The minimum absolute atomic E-state index is 0. The van der Waals surface area contributed by atoms with E-state index in [0.717, 1.165) is 0 Å². The van der Waals surface area contributed by atoms with E-state index in [2.05, 4.69) is 0 Å². The standard InChI is InChI=1S/C6H6O3.4H2O.V/c1-4-6(8)5(7)2-3-9-4;;;;;/h2-3H,1H3,(H-,7,8);4*1H2;/p+1. The van der Waals surface area contributed by atoms with Crippen molar-refractivity contribution in [3.8, 4) is 11.5 Å². The predicted molar refractivity (Wildman–Crippen MR) is 45.6 cm³/mol. The van der Waals surface area contributed by atoms with Crippen LogP contribution in [0.4, 0.5) is 0 Å². The van der Waals surface area contributed by atoms with Gasteiger partial charge in [0.25, 0.3) is 5.75 Å². The maximum Gasteiger partial charge on any atom is 0.371 e. The number of rotatable bonds is 0. The molecule has 1 rings (SSSR count). The molecule has 1 aromatic heterocycles. The normalized spacial score (nSPS) is 6.07. The Balaban J connectivity index is -0.0000000540. The van der Waals surface area contributed by atoms with E-state index in [1.165, 1.54) is 12.3 Å². The molecule has 0 aromatic carbocycles. The van der Waals surface area contributed by atoms with Crippen molar-refractivity contribution in [2.75, 3.05) is 0 Å². The third-order valence-electron chi connectivity index (χ3n) is 1.05. The van der Waals surface area contributed by atoms with Gasteiger partial charge in [0.2, 0.25) is 0 Å². The Morgan fingerprint density at radius 1 is 1.07 bits per heavy atom. The molecule has 0 bridgehead atoms. The average molecular weight is 250 g/mol. The molecule has 0 aliphatic carbocycles. The molecule has 0 amide bonds. The van der Waals surface area contributed by atoms with Crippen LogP contribution in [0.1, 0.15) is 5.76 Å². The summed E-state index contributed by atoms with van der Waals surface area (Å²) in [6.45, 7) is 1.56. The summed E-state index contributed by atoms with van der Waals surface area (Å²) >= 11 is 0. The molecule has 10 N–H and O–H groups in total. The maximum absolute atomic E-state index is 8.86. The van der Waals surface area contributed by atoms with Gasteiger partial charge in [-0.25, -0.2) is 4.42 Å². The number of hydrogen-bond donors (Lipinski definition) is 2.